The molecule has 1 aromatic rings. The second-order valence-corrected chi connectivity index (χ2v) is 6.97. The van der Waals surface area contributed by atoms with Crippen molar-refractivity contribution >= 4 is 12.7 Å². The Morgan fingerprint density at radius 3 is 1.62 bits per heavy atom. The molecule has 0 saturated carbocycles. The van der Waals surface area contributed by atoms with Gasteiger partial charge in [0.25, 0.3) is 0 Å². The average Bonchev–Trinajstić information content (AvgIpc) is 2.12. The first kappa shape index (κ1) is 13.4. The topological polar surface area (TPSA) is 0 Å². The molecule has 0 amide bonds. The van der Waals surface area contributed by atoms with Gasteiger partial charge in [-0.1, -0.05) is 83.2 Å². The van der Waals surface area contributed by atoms with Crippen molar-refractivity contribution in [3.05, 3.63) is 30.3 Å². The van der Waals surface area contributed by atoms with Crippen LogP contribution in [-0.4, -0.2) is 7.28 Å². The highest BCUT2D eigenvalue weighted by Crippen LogP contribution is 2.44. The minimum Gasteiger partial charge on any atom is -0.0842 e. The van der Waals surface area contributed by atoms with Gasteiger partial charge in [0.15, 0.2) is 7.28 Å². The first-order valence-electron chi connectivity index (χ1n) is 6.25. The lowest BCUT2D eigenvalue weighted by molar-refractivity contribution is 0.233. The van der Waals surface area contributed by atoms with Crippen molar-refractivity contribution in [1.29, 1.82) is 0 Å². The highest BCUT2D eigenvalue weighted by atomic mass is 14.3. The van der Waals surface area contributed by atoms with E-state index >= 15 is 0 Å². The van der Waals surface area contributed by atoms with Gasteiger partial charge in [-0.05, 0) is 10.8 Å². The summed E-state index contributed by atoms with van der Waals surface area (Å²) in [6.45, 7) is 14.1. The molecule has 0 aliphatic carbocycles. The van der Waals surface area contributed by atoms with Crippen molar-refractivity contribution in [3.63, 3.8) is 0 Å². The Balaban J connectivity index is 2.89. The SMILES string of the molecule is CC(C)(C)C(Bc1ccccc1)C(C)(C)C. The van der Waals surface area contributed by atoms with Crippen LogP contribution in [0.3, 0.4) is 0 Å². The molecule has 1 rings (SSSR count). The van der Waals surface area contributed by atoms with E-state index in [1.54, 1.807) is 0 Å². The highest BCUT2D eigenvalue weighted by Gasteiger charge is 2.35. The van der Waals surface area contributed by atoms with E-state index in [1.165, 1.54) is 12.7 Å². The molecule has 0 atom stereocenters. The third kappa shape index (κ3) is 3.70. The smallest absolute Gasteiger partial charge is 0.0842 e. The Morgan fingerprint density at radius 1 is 0.812 bits per heavy atom. The average molecular weight is 216 g/mol. The van der Waals surface area contributed by atoms with Crippen LogP contribution in [0.2, 0.25) is 5.82 Å². The van der Waals surface area contributed by atoms with Gasteiger partial charge in [0.05, 0.1) is 0 Å². The van der Waals surface area contributed by atoms with Crippen molar-refractivity contribution in [2.24, 2.45) is 10.8 Å². The molecule has 1 aromatic carbocycles. The highest BCUT2D eigenvalue weighted by molar-refractivity contribution is 6.55. The molecule has 0 aromatic heterocycles. The third-order valence-corrected chi connectivity index (χ3v) is 3.37. The van der Waals surface area contributed by atoms with Crippen molar-refractivity contribution in [3.8, 4) is 0 Å². The molecule has 88 valence electrons. The van der Waals surface area contributed by atoms with E-state index in [4.69, 9.17) is 0 Å². The lowest BCUT2D eigenvalue weighted by atomic mass is 9.44. The number of hydrogen-bond acceptors (Lipinski definition) is 0. The quantitative estimate of drug-likeness (QED) is 0.662. The van der Waals surface area contributed by atoms with Gasteiger partial charge in [0.2, 0.25) is 0 Å². The summed E-state index contributed by atoms with van der Waals surface area (Å²) in [4.78, 5) is 0. The van der Waals surface area contributed by atoms with Gasteiger partial charge in [-0.15, -0.1) is 0 Å². The van der Waals surface area contributed by atoms with E-state index in [-0.39, 0.29) is 0 Å². The van der Waals surface area contributed by atoms with Crippen molar-refractivity contribution in [2.45, 2.75) is 47.4 Å². The molecule has 0 spiro atoms. The van der Waals surface area contributed by atoms with E-state index in [1.807, 2.05) is 0 Å². The van der Waals surface area contributed by atoms with Crippen LogP contribution in [0.15, 0.2) is 30.3 Å². The predicted octanol–water partition coefficient (Wildman–Crippen LogP) is 3.63. The lowest BCUT2D eigenvalue weighted by Crippen LogP contribution is -2.36. The first-order valence-corrected chi connectivity index (χ1v) is 6.25. The van der Waals surface area contributed by atoms with E-state index in [0.717, 1.165) is 0 Å². The molecule has 0 nitrogen and oxygen atoms in total. The van der Waals surface area contributed by atoms with Crippen LogP contribution >= 0.6 is 0 Å². The molecular formula is C15H25B. The van der Waals surface area contributed by atoms with Gasteiger partial charge < -0.3 is 0 Å². The fourth-order valence-electron chi connectivity index (χ4n) is 2.76. The Morgan fingerprint density at radius 2 is 1.25 bits per heavy atom. The maximum atomic E-state index is 2.35. The zero-order chi connectivity index (χ0) is 12.4. The normalized spacial score (nSPS) is 12.9. The van der Waals surface area contributed by atoms with Gasteiger partial charge in [0.1, 0.15) is 0 Å². The van der Waals surface area contributed by atoms with Gasteiger partial charge in [-0.2, -0.15) is 0 Å². The van der Waals surface area contributed by atoms with Crippen LogP contribution in [0.25, 0.3) is 0 Å². The third-order valence-electron chi connectivity index (χ3n) is 3.37. The second kappa shape index (κ2) is 4.65. The van der Waals surface area contributed by atoms with Crippen LogP contribution < -0.4 is 5.46 Å². The number of benzene rings is 1. The van der Waals surface area contributed by atoms with Crippen LogP contribution in [-0.2, 0) is 0 Å². The Bertz CT molecular complexity index is 300. The number of hydrogen-bond donors (Lipinski definition) is 0. The van der Waals surface area contributed by atoms with E-state index in [9.17, 15) is 0 Å². The predicted molar refractivity (Wildman–Crippen MR) is 75.9 cm³/mol. The van der Waals surface area contributed by atoms with E-state index < -0.39 is 0 Å². The van der Waals surface area contributed by atoms with Crippen LogP contribution in [0.4, 0.5) is 0 Å². The summed E-state index contributed by atoms with van der Waals surface area (Å²) in [7, 11) is 1.17. The second-order valence-electron chi connectivity index (χ2n) is 6.97. The molecule has 0 fully saturated rings. The summed E-state index contributed by atoms with van der Waals surface area (Å²) in [5.41, 5.74) is 2.17. The largest absolute Gasteiger partial charge is 0.161 e. The fraction of sp³-hybridized carbons (Fsp3) is 0.600. The summed E-state index contributed by atoms with van der Waals surface area (Å²) in [5.74, 6) is 0.697. The van der Waals surface area contributed by atoms with Crippen LogP contribution in [0.1, 0.15) is 41.5 Å². The maximum absolute atomic E-state index is 2.35. The number of rotatable bonds is 2. The minimum atomic E-state index is 0.355. The van der Waals surface area contributed by atoms with Crippen LogP contribution in [0.5, 0.6) is 0 Å². The summed E-state index contributed by atoms with van der Waals surface area (Å²) >= 11 is 0. The Labute approximate surface area is 102 Å². The molecule has 0 radical (unpaired) electrons. The lowest BCUT2D eigenvalue weighted by Gasteiger charge is -2.40. The molecule has 0 aliphatic rings. The van der Waals surface area contributed by atoms with E-state index in [0.29, 0.717) is 16.6 Å². The molecule has 0 aliphatic heterocycles. The molecule has 0 saturated heterocycles. The summed E-state index contributed by atoms with van der Waals surface area (Å²) in [6.07, 6.45) is 0. The Hall–Kier alpha value is -0.715. The maximum Gasteiger partial charge on any atom is 0.161 e. The first-order chi connectivity index (χ1) is 7.21. The molecule has 0 unspecified atom stereocenters. The van der Waals surface area contributed by atoms with Gasteiger partial charge in [-0.25, -0.2) is 0 Å². The Kier molecular flexibility index (Phi) is 3.88. The zero-order valence-corrected chi connectivity index (χ0v) is 11.7. The summed E-state index contributed by atoms with van der Waals surface area (Å²) in [6, 6.07) is 10.8. The van der Waals surface area contributed by atoms with Crippen molar-refractivity contribution < 1.29 is 0 Å². The fourth-order valence-corrected chi connectivity index (χ4v) is 2.76. The molecule has 0 bridgehead atoms. The van der Waals surface area contributed by atoms with Gasteiger partial charge in [0, 0.05) is 0 Å². The summed E-state index contributed by atoms with van der Waals surface area (Å²) < 4.78 is 0. The van der Waals surface area contributed by atoms with E-state index in [2.05, 4.69) is 71.9 Å². The van der Waals surface area contributed by atoms with Gasteiger partial charge >= 0.3 is 0 Å². The molecule has 0 N–H and O–H groups in total. The minimum absolute atomic E-state index is 0.355. The van der Waals surface area contributed by atoms with Gasteiger partial charge in [-0.3, -0.25) is 0 Å². The molecule has 0 heterocycles. The zero-order valence-electron chi connectivity index (χ0n) is 11.7. The molecule has 16 heavy (non-hydrogen) atoms. The molecular weight excluding hydrogens is 191 g/mol. The standard InChI is InChI=1S/C15H25B/c1-14(2,3)13(15(4,5)6)16-12-10-8-7-9-11-12/h7-11,13,16H,1-6H3. The summed E-state index contributed by atoms with van der Waals surface area (Å²) in [5, 5.41) is 0. The molecule has 1 heteroatoms. The van der Waals surface area contributed by atoms with Crippen molar-refractivity contribution in [2.75, 3.05) is 0 Å². The monoisotopic (exact) mass is 216 g/mol. The van der Waals surface area contributed by atoms with Crippen LogP contribution in [0, 0.1) is 10.8 Å². The van der Waals surface area contributed by atoms with Crippen molar-refractivity contribution in [1.82, 2.24) is 0 Å².